The number of nitrogens with two attached hydrogens (primary N) is 1. The molecule has 3 nitrogen and oxygen atoms in total. The van der Waals surface area contributed by atoms with Gasteiger partial charge in [-0.05, 0) is 88.9 Å². The Bertz CT molecular complexity index is 529. The van der Waals surface area contributed by atoms with Crippen molar-refractivity contribution in [2.24, 2.45) is 34.8 Å². The van der Waals surface area contributed by atoms with E-state index in [1.165, 1.54) is 83.5 Å². The monoisotopic (exact) mass is 447 g/mol. The minimum absolute atomic E-state index is 0.126. The van der Waals surface area contributed by atoms with Crippen LogP contribution in [0.4, 0.5) is 0 Å². The topological polar surface area (TPSA) is 52.3 Å². The second kappa shape index (κ2) is 12.2. The smallest absolute Gasteiger partial charge is 0.312 e. The zero-order valence-electron chi connectivity index (χ0n) is 21.6. The Kier molecular flexibility index (Phi) is 9.95. The van der Waals surface area contributed by atoms with Crippen LogP contribution in [-0.4, -0.2) is 18.1 Å². The van der Waals surface area contributed by atoms with Crippen LogP contribution in [0.15, 0.2) is 0 Å². The first-order chi connectivity index (χ1) is 15.3. The number of unbranched alkanes of at least 4 members (excludes halogenated alkanes) is 9. The molecule has 0 aromatic carbocycles. The highest BCUT2D eigenvalue weighted by atomic mass is 16.5. The van der Waals surface area contributed by atoms with Gasteiger partial charge in [0, 0.05) is 5.54 Å². The van der Waals surface area contributed by atoms with Gasteiger partial charge in [0.15, 0.2) is 0 Å². The molecular formula is C29H53NO2. The van der Waals surface area contributed by atoms with Crippen LogP contribution in [0.2, 0.25) is 0 Å². The van der Waals surface area contributed by atoms with Gasteiger partial charge in [0.1, 0.15) is 0 Å². The highest BCUT2D eigenvalue weighted by Crippen LogP contribution is 2.60. The number of esters is 1. The molecule has 4 fully saturated rings. The third kappa shape index (κ3) is 7.47. The maximum atomic E-state index is 13.1. The molecule has 186 valence electrons. The summed E-state index contributed by atoms with van der Waals surface area (Å²) in [5, 5.41) is 0. The van der Waals surface area contributed by atoms with E-state index in [1.54, 1.807) is 0 Å². The summed E-state index contributed by atoms with van der Waals surface area (Å²) in [6.07, 6.45) is 23.2. The predicted octanol–water partition coefficient (Wildman–Crippen LogP) is 7.80. The molecule has 4 saturated carbocycles. The average Bonchev–Trinajstić information content (AvgIpc) is 2.71. The fourth-order valence-corrected chi connectivity index (χ4v) is 7.57. The van der Waals surface area contributed by atoms with Crippen LogP contribution in [-0.2, 0) is 9.53 Å². The second-order valence-electron chi connectivity index (χ2n) is 12.6. The summed E-state index contributed by atoms with van der Waals surface area (Å²) in [6.45, 7) is 7.14. The van der Waals surface area contributed by atoms with Crippen molar-refractivity contribution in [3.63, 3.8) is 0 Å². The Labute approximate surface area is 199 Å². The molecule has 0 aromatic rings. The van der Waals surface area contributed by atoms with Crippen LogP contribution in [0.5, 0.6) is 0 Å². The van der Waals surface area contributed by atoms with E-state index < -0.39 is 0 Å². The molecule has 1 unspecified atom stereocenters. The summed E-state index contributed by atoms with van der Waals surface area (Å²) in [5.74, 6) is 2.94. The number of hydrogen-bond acceptors (Lipinski definition) is 3. The molecule has 3 heteroatoms. The van der Waals surface area contributed by atoms with Crippen molar-refractivity contribution in [1.82, 2.24) is 0 Å². The van der Waals surface area contributed by atoms with Crippen molar-refractivity contribution in [2.75, 3.05) is 6.61 Å². The lowest BCUT2D eigenvalue weighted by molar-refractivity contribution is -0.172. The minimum atomic E-state index is -0.202. The Morgan fingerprint density at radius 1 is 0.844 bits per heavy atom. The number of hydrogen-bond donors (Lipinski definition) is 1. The molecule has 0 amide bonds. The Balaban J connectivity index is 1.31. The summed E-state index contributed by atoms with van der Waals surface area (Å²) in [5.41, 5.74) is 6.19. The van der Waals surface area contributed by atoms with Crippen LogP contribution < -0.4 is 5.73 Å². The van der Waals surface area contributed by atoms with Crippen molar-refractivity contribution in [3.8, 4) is 0 Å². The van der Waals surface area contributed by atoms with Crippen molar-refractivity contribution >= 4 is 5.97 Å². The molecule has 0 radical (unpaired) electrons. The third-order valence-corrected chi connectivity index (χ3v) is 9.13. The Morgan fingerprint density at radius 2 is 1.31 bits per heavy atom. The van der Waals surface area contributed by atoms with Crippen LogP contribution >= 0.6 is 0 Å². The van der Waals surface area contributed by atoms with Gasteiger partial charge in [-0.3, -0.25) is 4.79 Å². The lowest BCUT2D eigenvalue weighted by Gasteiger charge is -2.55. The number of carbonyl (C=O) groups is 1. The zero-order valence-corrected chi connectivity index (χ0v) is 21.6. The SMILES string of the molecule is CCCCCCCCCCCCC(CCOC(=O)C12CC3CC(CC(C3)C1)C2)C(C)(C)N. The Morgan fingerprint density at radius 3 is 1.78 bits per heavy atom. The van der Waals surface area contributed by atoms with Gasteiger partial charge in [0.2, 0.25) is 0 Å². The van der Waals surface area contributed by atoms with Crippen molar-refractivity contribution in [2.45, 2.75) is 142 Å². The normalized spacial score (nSPS) is 29.9. The van der Waals surface area contributed by atoms with E-state index in [0.29, 0.717) is 12.5 Å². The minimum Gasteiger partial charge on any atom is -0.465 e. The van der Waals surface area contributed by atoms with Gasteiger partial charge in [-0.25, -0.2) is 0 Å². The van der Waals surface area contributed by atoms with Crippen LogP contribution in [0.1, 0.15) is 136 Å². The predicted molar refractivity (Wildman–Crippen MR) is 134 cm³/mol. The first-order valence-corrected chi connectivity index (χ1v) is 14.3. The van der Waals surface area contributed by atoms with Crippen LogP contribution in [0.3, 0.4) is 0 Å². The molecular weight excluding hydrogens is 394 g/mol. The first-order valence-electron chi connectivity index (χ1n) is 14.3. The van der Waals surface area contributed by atoms with E-state index in [2.05, 4.69) is 20.8 Å². The quantitative estimate of drug-likeness (QED) is 0.194. The summed E-state index contributed by atoms with van der Waals surface area (Å²) in [7, 11) is 0. The summed E-state index contributed by atoms with van der Waals surface area (Å²) >= 11 is 0. The Hall–Kier alpha value is -0.570. The fraction of sp³-hybridized carbons (Fsp3) is 0.966. The van der Waals surface area contributed by atoms with Gasteiger partial charge < -0.3 is 10.5 Å². The molecule has 0 saturated heterocycles. The lowest BCUT2D eigenvalue weighted by Crippen LogP contribution is -2.50. The molecule has 32 heavy (non-hydrogen) atoms. The highest BCUT2D eigenvalue weighted by molar-refractivity contribution is 5.77. The molecule has 2 N–H and O–H groups in total. The number of carbonyl (C=O) groups excluding carboxylic acids is 1. The summed E-state index contributed by atoms with van der Waals surface area (Å²) in [4.78, 5) is 13.1. The number of ether oxygens (including phenoxy) is 1. The third-order valence-electron chi connectivity index (χ3n) is 9.13. The van der Waals surface area contributed by atoms with Crippen molar-refractivity contribution < 1.29 is 9.53 Å². The van der Waals surface area contributed by atoms with Crippen LogP contribution in [0, 0.1) is 29.1 Å². The van der Waals surface area contributed by atoms with Gasteiger partial charge in [-0.1, -0.05) is 71.1 Å². The molecule has 4 aliphatic rings. The van der Waals surface area contributed by atoms with Gasteiger partial charge in [-0.2, -0.15) is 0 Å². The number of rotatable bonds is 16. The van der Waals surface area contributed by atoms with E-state index in [-0.39, 0.29) is 16.9 Å². The largest absolute Gasteiger partial charge is 0.465 e. The van der Waals surface area contributed by atoms with E-state index in [9.17, 15) is 4.79 Å². The highest BCUT2D eigenvalue weighted by Gasteiger charge is 2.55. The van der Waals surface area contributed by atoms with Crippen LogP contribution in [0.25, 0.3) is 0 Å². The van der Waals surface area contributed by atoms with Gasteiger partial charge in [0.25, 0.3) is 0 Å². The molecule has 1 atom stereocenters. The van der Waals surface area contributed by atoms with Crippen molar-refractivity contribution in [1.29, 1.82) is 0 Å². The lowest BCUT2D eigenvalue weighted by atomic mass is 9.49. The van der Waals surface area contributed by atoms with E-state index in [1.807, 2.05) is 0 Å². The summed E-state index contributed by atoms with van der Waals surface area (Å²) < 4.78 is 5.96. The molecule has 0 spiro atoms. The molecule has 0 aromatic heterocycles. The average molecular weight is 448 g/mol. The van der Waals surface area contributed by atoms with E-state index in [0.717, 1.165) is 49.9 Å². The molecule has 0 aliphatic heterocycles. The van der Waals surface area contributed by atoms with Gasteiger partial charge in [0.05, 0.1) is 12.0 Å². The molecule has 4 rings (SSSR count). The zero-order chi connectivity index (χ0) is 23.0. The van der Waals surface area contributed by atoms with E-state index >= 15 is 0 Å². The van der Waals surface area contributed by atoms with Crippen molar-refractivity contribution in [3.05, 3.63) is 0 Å². The first kappa shape index (κ1) is 26.0. The maximum absolute atomic E-state index is 13.1. The van der Waals surface area contributed by atoms with Gasteiger partial charge >= 0.3 is 5.97 Å². The summed E-state index contributed by atoms with van der Waals surface area (Å²) in [6, 6.07) is 0. The van der Waals surface area contributed by atoms with Gasteiger partial charge in [-0.15, -0.1) is 0 Å². The molecule has 0 heterocycles. The standard InChI is InChI=1S/C29H53NO2/c1-4-5-6-7-8-9-10-11-12-13-14-26(28(2,3)30)15-16-32-27(31)29-20-23-17-24(21-29)19-25(18-23)22-29/h23-26H,4-22,30H2,1-3H3. The second-order valence-corrected chi connectivity index (χ2v) is 12.6. The maximum Gasteiger partial charge on any atom is 0.312 e. The molecule has 4 bridgehead atoms. The molecule has 4 aliphatic carbocycles. The fourth-order valence-electron chi connectivity index (χ4n) is 7.57. The van der Waals surface area contributed by atoms with E-state index in [4.69, 9.17) is 10.5 Å².